The third kappa shape index (κ3) is 5.60. The Morgan fingerprint density at radius 2 is 0.717 bits per heavy atom. The lowest BCUT2D eigenvalue weighted by Gasteiger charge is -2.26. The zero-order valence-corrected chi connectivity index (χ0v) is 29.2. The maximum absolute atomic E-state index is 2.37. The van der Waals surface area contributed by atoms with E-state index >= 15 is 0 Å². The highest BCUT2D eigenvalue weighted by Crippen LogP contribution is 2.40. The monoisotopic (exact) mass is 673 g/mol. The number of benzene rings is 10. The van der Waals surface area contributed by atoms with Crippen LogP contribution in [-0.2, 0) is 0 Å². The molecule has 10 aromatic rings. The zero-order valence-electron chi connectivity index (χ0n) is 29.2. The van der Waals surface area contributed by atoms with Gasteiger partial charge < -0.3 is 4.90 Å². The number of nitrogens with zero attached hydrogens (tertiary/aromatic N) is 1. The van der Waals surface area contributed by atoms with Crippen molar-refractivity contribution in [3.05, 3.63) is 212 Å². The first-order chi connectivity index (χ1) is 26.3. The fraction of sp³-hybridized carbons (Fsp3) is 0. The first-order valence-corrected chi connectivity index (χ1v) is 18.3. The summed E-state index contributed by atoms with van der Waals surface area (Å²) in [5.41, 5.74) is 10.7. The fourth-order valence-electron chi connectivity index (χ4n) is 7.98. The molecule has 1 nitrogen and oxygen atoms in total. The van der Waals surface area contributed by atoms with E-state index in [2.05, 4.69) is 217 Å². The van der Waals surface area contributed by atoms with Gasteiger partial charge in [0.15, 0.2) is 0 Å². The quantitative estimate of drug-likeness (QED) is 0.159. The second kappa shape index (κ2) is 13.0. The molecule has 53 heavy (non-hydrogen) atoms. The van der Waals surface area contributed by atoms with Gasteiger partial charge in [0.05, 0.1) is 0 Å². The predicted octanol–water partition coefficient (Wildman–Crippen LogP) is 14.8. The molecular formula is C52H35N. The second-order valence-electron chi connectivity index (χ2n) is 13.8. The first-order valence-electron chi connectivity index (χ1n) is 18.3. The summed E-state index contributed by atoms with van der Waals surface area (Å²) in [4.78, 5) is 2.37. The molecule has 0 saturated carbocycles. The van der Waals surface area contributed by atoms with Crippen LogP contribution in [0.2, 0.25) is 0 Å². The topological polar surface area (TPSA) is 3.24 Å². The van der Waals surface area contributed by atoms with Gasteiger partial charge in [0.1, 0.15) is 0 Å². The lowest BCUT2D eigenvalue weighted by atomic mass is 9.93. The molecule has 1 heteroatoms. The predicted molar refractivity (Wildman–Crippen MR) is 227 cm³/mol. The molecule has 0 radical (unpaired) electrons. The third-order valence-corrected chi connectivity index (χ3v) is 10.6. The van der Waals surface area contributed by atoms with Crippen molar-refractivity contribution in [2.45, 2.75) is 0 Å². The van der Waals surface area contributed by atoms with Gasteiger partial charge in [0, 0.05) is 17.1 Å². The summed E-state index contributed by atoms with van der Waals surface area (Å²) in [7, 11) is 0. The van der Waals surface area contributed by atoms with Crippen molar-refractivity contribution in [2.75, 3.05) is 4.90 Å². The van der Waals surface area contributed by atoms with Crippen molar-refractivity contribution in [1.82, 2.24) is 0 Å². The summed E-state index contributed by atoms with van der Waals surface area (Å²) in [5, 5.41) is 10.1. The van der Waals surface area contributed by atoms with E-state index in [-0.39, 0.29) is 0 Å². The zero-order chi connectivity index (χ0) is 35.1. The molecule has 0 unspecified atom stereocenters. The number of fused-ring (bicyclic) bond motifs is 5. The summed E-state index contributed by atoms with van der Waals surface area (Å²) in [6, 6.07) is 77.2. The Kier molecular flexibility index (Phi) is 7.55. The Labute approximate surface area is 309 Å². The maximum atomic E-state index is 2.37. The van der Waals surface area contributed by atoms with Crippen LogP contribution < -0.4 is 4.90 Å². The molecule has 0 aliphatic heterocycles. The Balaban J connectivity index is 1.06. The van der Waals surface area contributed by atoms with E-state index in [1.807, 2.05) is 0 Å². The van der Waals surface area contributed by atoms with Crippen LogP contribution in [0.3, 0.4) is 0 Å². The van der Waals surface area contributed by atoms with Crippen LogP contribution in [-0.4, -0.2) is 0 Å². The largest absolute Gasteiger partial charge is 0.310 e. The summed E-state index contributed by atoms with van der Waals surface area (Å²) in [5.74, 6) is 0. The molecule has 248 valence electrons. The minimum Gasteiger partial charge on any atom is -0.310 e. The molecular weight excluding hydrogens is 639 g/mol. The van der Waals surface area contributed by atoms with E-state index < -0.39 is 0 Å². The highest BCUT2D eigenvalue weighted by molar-refractivity contribution is 6.12. The molecule has 0 bridgehead atoms. The summed E-state index contributed by atoms with van der Waals surface area (Å²) in [6.07, 6.45) is 0. The number of hydrogen-bond acceptors (Lipinski definition) is 1. The van der Waals surface area contributed by atoms with Crippen molar-refractivity contribution < 1.29 is 0 Å². The number of anilines is 3. The minimum atomic E-state index is 1.11. The van der Waals surface area contributed by atoms with Crippen molar-refractivity contribution >= 4 is 60.2 Å². The van der Waals surface area contributed by atoms with Gasteiger partial charge in [-0.15, -0.1) is 0 Å². The van der Waals surface area contributed by atoms with Crippen LogP contribution in [0.15, 0.2) is 212 Å². The standard InChI is InChI=1S/C52H35N/c1-2-10-36(11-3-1)37-22-28-44(29-23-37)53(45-30-24-40(25-31-45)48-17-8-14-38-12-4-6-15-47(38)48)46-32-26-41-34-43(21-20-42(41)35-46)50-18-9-19-51-49-16-7-5-13-39(49)27-33-52(50)51/h1-35H. The van der Waals surface area contributed by atoms with Crippen LogP contribution >= 0.6 is 0 Å². The molecule has 0 atom stereocenters. The van der Waals surface area contributed by atoms with E-state index in [1.54, 1.807) is 0 Å². The summed E-state index contributed by atoms with van der Waals surface area (Å²) >= 11 is 0. The van der Waals surface area contributed by atoms with Gasteiger partial charge in [-0.05, 0) is 119 Å². The van der Waals surface area contributed by atoms with Gasteiger partial charge in [-0.25, -0.2) is 0 Å². The Morgan fingerprint density at radius 1 is 0.226 bits per heavy atom. The highest BCUT2D eigenvalue weighted by atomic mass is 15.1. The van der Waals surface area contributed by atoms with Gasteiger partial charge in [0.2, 0.25) is 0 Å². The first kappa shape index (κ1) is 30.8. The van der Waals surface area contributed by atoms with Gasteiger partial charge in [-0.1, -0.05) is 170 Å². The van der Waals surface area contributed by atoms with Crippen LogP contribution in [0.4, 0.5) is 17.1 Å². The van der Waals surface area contributed by atoms with Crippen molar-refractivity contribution in [1.29, 1.82) is 0 Å². The van der Waals surface area contributed by atoms with E-state index in [4.69, 9.17) is 0 Å². The molecule has 0 fully saturated rings. The Morgan fingerprint density at radius 3 is 1.49 bits per heavy atom. The van der Waals surface area contributed by atoms with Crippen LogP contribution in [0.1, 0.15) is 0 Å². The minimum absolute atomic E-state index is 1.11. The molecule has 0 aliphatic carbocycles. The SMILES string of the molecule is c1ccc(-c2ccc(N(c3ccc(-c4cccc5ccccc45)cc3)c3ccc4cc(-c5cccc6c5ccc5ccccc56)ccc4c3)cc2)cc1. The molecule has 0 aliphatic rings. The molecule has 0 heterocycles. The Bertz CT molecular complexity index is 2920. The average Bonchev–Trinajstić information content (AvgIpc) is 3.24. The molecule has 0 saturated heterocycles. The Hall–Kier alpha value is -6.96. The summed E-state index contributed by atoms with van der Waals surface area (Å²) < 4.78 is 0. The highest BCUT2D eigenvalue weighted by Gasteiger charge is 2.15. The number of rotatable bonds is 6. The summed E-state index contributed by atoms with van der Waals surface area (Å²) in [6.45, 7) is 0. The van der Waals surface area contributed by atoms with Gasteiger partial charge in [-0.2, -0.15) is 0 Å². The molecule has 0 N–H and O–H groups in total. The molecule has 0 spiro atoms. The lowest BCUT2D eigenvalue weighted by molar-refractivity contribution is 1.29. The fourth-order valence-corrected chi connectivity index (χ4v) is 7.98. The van der Waals surface area contributed by atoms with E-state index in [0.29, 0.717) is 0 Å². The third-order valence-electron chi connectivity index (χ3n) is 10.6. The normalized spacial score (nSPS) is 11.4. The van der Waals surface area contributed by atoms with Crippen molar-refractivity contribution in [2.24, 2.45) is 0 Å². The maximum Gasteiger partial charge on any atom is 0.0468 e. The van der Waals surface area contributed by atoms with Crippen LogP contribution in [0, 0.1) is 0 Å². The number of hydrogen-bond donors (Lipinski definition) is 0. The molecule has 10 aromatic carbocycles. The van der Waals surface area contributed by atoms with Gasteiger partial charge >= 0.3 is 0 Å². The van der Waals surface area contributed by atoms with Crippen molar-refractivity contribution in [3.8, 4) is 33.4 Å². The molecule has 0 amide bonds. The molecule has 0 aromatic heterocycles. The van der Waals surface area contributed by atoms with Gasteiger partial charge in [-0.3, -0.25) is 0 Å². The molecule has 10 rings (SSSR count). The van der Waals surface area contributed by atoms with Gasteiger partial charge in [0.25, 0.3) is 0 Å². The average molecular weight is 674 g/mol. The second-order valence-corrected chi connectivity index (χ2v) is 13.8. The van der Waals surface area contributed by atoms with E-state index in [1.165, 1.54) is 76.5 Å². The van der Waals surface area contributed by atoms with Crippen molar-refractivity contribution in [3.63, 3.8) is 0 Å². The lowest BCUT2D eigenvalue weighted by Crippen LogP contribution is -2.09. The van der Waals surface area contributed by atoms with E-state index in [9.17, 15) is 0 Å². The van der Waals surface area contributed by atoms with E-state index in [0.717, 1.165) is 17.1 Å². The smallest absolute Gasteiger partial charge is 0.0468 e. The van der Waals surface area contributed by atoms with Crippen LogP contribution in [0.25, 0.3) is 76.5 Å². The van der Waals surface area contributed by atoms with Crippen LogP contribution in [0.5, 0.6) is 0 Å².